The van der Waals surface area contributed by atoms with Gasteiger partial charge in [0.2, 0.25) is 17.6 Å². The van der Waals surface area contributed by atoms with Crippen LogP contribution in [0.3, 0.4) is 0 Å². The Kier molecular flexibility index (Phi) is 4.96. The monoisotopic (exact) mass is 356 g/mol. The first kappa shape index (κ1) is 17.1. The van der Waals surface area contributed by atoms with Crippen LogP contribution in [0.1, 0.15) is 25.2 Å². The fourth-order valence-corrected chi connectivity index (χ4v) is 3.57. The summed E-state index contributed by atoms with van der Waals surface area (Å²) in [6, 6.07) is 9.83. The third kappa shape index (κ3) is 3.48. The van der Waals surface area contributed by atoms with Crippen LogP contribution in [0.25, 0.3) is 11.4 Å². The number of rotatable bonds is 5. The van der Waals surface area contributed by atoms with E-state index in [2.05, 4.69) is 31.6 Å². The van der Waals surface area contributed by atoms with E-state index in [0.29, 0.717) is 24.3 Å². The zero-order valence-electron chi connectivity index (χ0n) is 14.7. The fraction of sp³-hybridized carbons (Fsp3) is 0.500. The highest BCUT2D eigenvalue weighted by molar-refractivity contribution is 5.82. The normalized spacial score (nSPS) is 26.3. The summed E-state index contributed by atoms with van der Waals surface area (Å²) in [7, 11) is 0. The van der Waals surface area contributed by atoms with Crippen LogP contribution in [0.5, 0.6) is 0 Å². The number of nitrogens with zero attached hydrogens (tertiary/aromatic N) is 2. The average Bonchev–Trinajstić information content (AvgIpc) is 3.34. The topological polar surface area (TPSA) is 104 Å². The third-order valence-electron chi connectivity index (χ3n) is 5.14. The van der Waals surface area contributed by atoms with E-state index in [1.54, 1.807) is 0 Å². The molecule has 2 aromatic rings. The van der Waals surface area contributed by atoms with Crippen molar-refractivity contribution < 1.29 is 9.32 Å². The second-order valence-corrected chi connectivity index (χ2v) is 7.00. The van der Waals surface area contributed by atoms with Crippen molar-refractivity contribution in [3.05, 3.63) is 36.2 Å². The molecule has 1 aromatic carbocycles. The number of hydrogen-bond donors (Lipinski definition) is 4. The molecule has 1 aromatic heterocycles. The van der Waals surface area contributed by atoms with Crippen LogP contribution < -0.4 is 21.5 Å². The molecule has 8 heteroatoms. The lowest BCUT2D eigenvalue weighted by Crippen LogP contribution is -2.49. The molecule has 0 saturated carbocycles. The Morgan fingerprint density at radius 3 is 3.04 bits per heavy atom. The van der Waals surface area contributed by atoms with Crippen LogP contribution in [0, 0.1) is 5.92 Å². The van der Waals surface area contributed by atoms with Crippen molar-refractivity contribution in [2.45, 2.75) is 31.3 Å². The first-order chi connectivity index (χ1) is 12.7. The van der Waals surface area contributed by atoms with Gasteiger partial charge >= 0.3 is 0 Å². The molecule has 2 fully saturated rings. The summed E-state index contributed by atoms with van der Waals surface area (Å²) in [5.41, 5.74) is 7.29. The molecule has 4 rings (SSSR count). The Labute approximate surface area is 152 Å². The van der Waals surface area contributed by atoms with Crippen LogP contribution in [-0.4, -0.2) is 47.8 Å². The molecule has 1 amide bonds. The van der Waals surface area contributed by atoms with Crippen molar-refractivity contribution in [2.24, 2.45) is 5.92 Å². The van der Waals surface area contributed by atoms with E-state index < -0.39 is 0 Å². The maximum atomic E-state index is 12.6. The summed E-state index contributed by atoms with van der Waals surface area (Å²) in [4.78, 5) is 17.0. The van der Waals surface area contributed by atoms with E-state index in [4.69, 9.17) is 4.52 Å². The van der Waals surface area contributed by atoms with Crippen molar-refractivity contribution in [3.63, 3.8) is 0 Å². The zero-order valence-corrected chi connectivity index (χ0v) is 14.7. The fourth-order valence-electron chi connectivity index (χ4n) is 3.57. The highest BCUT2D eigenvalue weighted by Gasteiger charge is 2.41. The van der Waals surface area contributed by atoms with E-state index in [1.807, 2.05) is 37.3 Å². The number of aromatic nitrogens is 2. The highest BCUT2D eigenvalue weighted by Crippen LogP contribution is 2.21. The summed E-state index contributed by atoms with van der Waals surface area (Å²) in [6.45, 7) is 4.26. The second kappa shape index (κ2) is 7.53. The molecule has 2 aliphatic heterocycles. The van der Waals surface area contributed by atoms with Crippen molar-refractivity contribution >= 4 is 5.91 Å². The standard InChI is InChI=1S/C18H24N6O2/c1-11(18-21-16(24-26-18)12-5-3-2-4-6-12)9-20-17(25)15-13-10-19-8-7-14(13)22-23-15/h2-6,11,13-15,19,22-23H,7-10H2,1H3,(H,20,25). The molecule has 0 bridgehead atoms. The minimum Gasteiger partial charge on any atom is -0.354 e. The van der Waals surface area contributed by atoms with Crippen LogP contribution in [0.4, 0.5) is 0 Å². The zero-order chi connectivity index (χ0) is 17.9. The SMILES string of the molecule is CC(CNC(=O)C1NNC2CCNCC21)c1nc(-c2ccccc2)no1. The van der Waals surface area contributed by atoms with E-state index in [0.717, 1.165) is 25.1 Å². The van der Waals surface area contributed by atoms with Gasteiger partial charge in [-0.1, -0.05) is 42.4 Å². The molecule has 8 nitrogen and oxygen atoms in total. The molecule has 0 spiro atoms. The molecule has 2 saturated heterocycles. The number of hydrazine groups is 1. The number of benzene rings is 1. The maximum Gasteiger partial charge on any atom is 0.238 e. The molecule has 4 unspecified atom stereocenters. The maximum absolute atomic E-state index is 12.6. The van der Waals surface area contributed by atoms with Crippen molar-refractivity contribution in [3.8, 4) is 11.4 Å². The van der Waals surface area contributed by atoms with Crippen molar-refractivity contribution in [2.75, 3.05) is 19.6 Å². The van der Waals surface area contributed by atoms with E-state index >= 15 is 0 Å². The number of fused-ring (bicyclic) bond motifs is 1. The summed E-state index contributed by atoms with van der Waals surface area (Å²) < 4.78 is 5.37. The number of piperidine rings is 1. The lowest BCUT2D eigenvalue weighted by molar-refractivity contribution is -0.123. The van der Waals surface area contributed by atoms with Gasteiger partial charge in [0, 0.05) is 30.6 Å². The highest BCUT2D eigenvalue weighted by atomic mass is 16.5. The van der Waals surface area contributed by atoms with Gasteiger partial charge in [0.15, 0.2) is 0 Å². The molecule has 3 heterocycles. The van der Waals surface area contributed by atoms with E-state index in [1.165, 1.54) is 0 Å². The summed E-state index contributed by atoms with van der Waals surface area (Å²) in [5.74, 6) is 1.31. The average molecular weight is 356 g/mol. The first-order valence-electron chi connectivity index (χ1n) is 9.11. The van der Waals surface area contributed by atoms with Crippen LogP contribution in [-0.2, 0) is 4.79 Å². The molecule has 0 radical (unpaired) electrons. The Morgan fingerprint density at radius 2 is 2.19 bits per heavy atom. The number of carbonyl (C=O) groups is 1. The predicted octanol–water partition coefficient (Wildman–Crippen LogP) is 0.411. The molecule has 138 valence electrons. The van der Waals surface area contributed by atoms with Gasteiger partial charge in [-0.05, 0) is 13.0 Å². The van der Waals surface area contributed by atoms with Crippen molar-refractivity contribution in [1.29, 1.82) is 0 Å². The van der Waals surface area contributed by atoms with Gasteiger partial charge in [-0.15, -0.1) is 0 Å². The van der Waals surface area contributed by atoms with Crippen molar-refractivity contribution in [1.82, 2.24) is 31.6 Å². The van der Waals surface area contributed by atoms with Gasteiger partial charge in [-0.3, -0.25) is 10.2 Å². The van der Waals surface area contributed by atoms with Crippen LogP contribution in [0.2, 0.25) is 0 Å². The smallest absolute Gasteiger partial charge is 0.238 e. The molecule has 2 aliphatic rings. The quantitative estimate of drug-likeness (QED) is 0.615. The molecular weight excluding hydrogens is 332 g/mol. The summed E-state index contributed by atoms with van der Waals surface area (Å²) in [6.07, 6.45) is 1.03. The lowest BCUT2D eigenvalue weighted by Gasteiger charge is -2.27. The molecule has 26 heavy (non-hydrogen) atoms. The molecule has 4 atom stereocenters. The minimum absolute atomic E-state index is 0.00310. The number of hydrogen-bond acceptors (Lipinski definition) is 7. The van der Waals surface area contributed by atoms with Crippen LogP contribution in [0.15, 0.2) is 34.9 Å². The Hall–Kier alpha value is -2.29. The molecule has 4 N–H and O–H groups in total. The molecular formula is C18H24N6O2. The van der Waals surface area contributed by atoms with Gasteiger partial charge in [-0.25, -0.2) is 5.43 Å². The van der Waals surface area contributed by atoms with E-state index in [-0.39, 0.29) is 23.8 Å². The van der Waals surface area contributed by atoms with Gasteiger partial charge in [0.1, 0.15) is 6.04 Å². The third-order valence-corrected chi connectivity index (χ3v) is 5.14. The van der Waals surface area contributed by atoms with Crippen LogP contribution >= 0.6 is 0 Å². The van der Waals surface area contributed by atoms with Gasteiger partial charge in [-0.2, -0.15) is 4.98 Å². The van der Waals surface area contributed by atoms with Gasteiger partial charge in [0.25, 0.3) is 0 Å². The summed E-state index contributed by atoms with van der Waals surface area (Å²) in [5, 5.41) is 10.4. The molecule has 0 aliphatic carbocycles. The lowest BCUT2D eigenvalue weighted by atomic mass is 9.89. The minimum atomic E-state index is -0.220. The van der Waals surface area contributed by atoms with Gasteiger partial charge < -0.3 is 15.2 Å². The number of amides is 1. The number of carbonyl (C=O) groups excluding carboxylic acids is 1. The summed E-state index contributed by atoms with van der Waals surface area (Å²) >= 11 is 0. The first-order valence-corrected chi connectivity index (χ1v) is 9.11. The number of nitrogens with one attached hydrogen (secondary N) is 4. The second-order valence-electron chi connectivity index (χ2n) is 7.00. The Morgan fingerprint density at radius 1 is 1.35 bits per heavy atom. The van der Waals surface area contributed by atoms with E-state index in [9.17, 15) is 4.79 Å². The largest absolute Gasteiger partial charge is 0.354 e. The van der Waals surface area contributed by atoms with Gasteiger partial charge in [0.05, 0.1) is 5.92 Å². The Balaban J connectivity index is 1.33. The Bertz CT molecular complexity index is 749. The predicted molar refractivity (Wildman–Crippen MR) is 96.0 cm³/mol.